The third-order valence-corrected chi connectivity index (χ3v) is 3.93. The number of hydrogen-bond donors (Lipinski definition) is 0. The molecule has 1 atom stereocenters. The Labute approximate surface area is 145 Å². The van der Waals surface area contributed by atoms with Crippen molar-refractivity contribution in [3.63, 3.8) is 0 Å². The van der Waals surface area contributed by atoms with Gasteiger partial charge in [0.2, 0.25) is 5.89 Å². The van der Waals surface area contributed by atoms with Crippen LogP contribution in [0.15, 0.2) is 51.4 Å². The number of benzene rings is 2. The van der Waals surface area contributed by atoms with Gasteiger partial charge in [0.25, 0.3) is 5.89 Å². The molecule has 2 aromatic carbocycles. The summed E-state index contributed by atoms with van der Waals surface area (Å²) in [4.78, 5) is 0. The van der Waals surface area contributed by atoms with E-state index in [0.29, 0.717) is 28.1 Å². The van der Waals surface area contributed by atoms with Crippen LogP contribution in [0.1, 0.15) is 18.9 Å². The minimum atomic E-state index is -0.450. The average Bonchev–Trinajstić information content (AvgIpc) is 3.01. The predicted octanol–water partition coefficient (Wildman–Crippen LogP) is 5.43. The summed E-state index contributed by atoms with van der Waals surface area (Å²) in [6, 6.07) is 11.0. The maximum Gasteiger partial charge on any atom is 0.257 e. The van der Waals surface area contributed by atoms with Crippen molar-refractivity contribution < 1.29 is 13.5 Å². The lowest BCUT2D eigenvalue weighted by Gasteiger charge is -2.12. The Morgan fingerprint density at radius 1 is 1.17 bits per heavy atom. The molecule has 0 saturated heterocycles. The molecule has 7 heteroatoms. The van der Waals surface area contributed by atoms with Gasteiger partial charge in [0.15, 0.2) is 6.10 Å². The van der Waals surface area contributed by atoms with Crippen LogP contribution in [-0.4, -0.2) is 10.2 Å². The Morgan fingerprint density at radius 2 is 1.91 bits per heavy atom. The average molecular weight is 398 g/mol. The maximum atomic E-state index is 12.9. The standard InChI is InChI=1S/C16H11BrClFN2O2/c1-9(22-14-7-4-11(18)8-13(14)17)15-20-21-16(23-15)10-2-5-12(19)6-3-10/h2-9H,1H3/t9-/m1/s1. The largest absolute Gasteiger partial charge is 0.480 e. The van der Waals surface area contributed by atoms with E-state index >= 15 is 0 Å². The van der Waals surface area contributed by atoms with Gasteiger partial charge in [-0.3, -0.25) is 0 Å². The quantitative estimate of drug-likeness (QED) is 0.589. The highest BCUT2D eigenvalue weighted by molar-refractivity contribution is 9.10. The van der Waals surface area contributed by atoms with Gasteiger partial charge in [-0.1, -0.05) is 11.6 Å². The second-order valence-electron chi connectivity index (χ2n) is 4.79. The van der Waals surface area contributed by atoms with Crippen molar-refractivity contribution in [2.24, 2.45) is 0 Å². The highest BCUT2D eigenvalue weighted by Crippen LogP contribution is 2.32. The summed E-state index contributed by atoms with van der Waals surface area (Å²) in [6.07, 6.45) is -0.450. The van der Waals surface area contributed by atoms with Crippen LogP contribution in [0, 0.1) is 5.82 Å². The molecule has 0 aliphatic carbocycles. The molecule has 0 unspecified atom stereocenters. The second kappa shape index (κ2) is 6.68. The summed E-state index contributed by atoms with van der Waals surface area (Å²) >= 11 is 9.28. The van der Waals surface area contributed by atoms with Crippen molar-refractivity contribution in [1.29, 1.82) is 0 Å². The third kappa shape index (κ3) is 3.71. The van der Waals surface area contributed by atoms with Crippen LogP contribution in [0.25, 0.3) is 11.5 Å². The molecular weight excluding hydrogens is 387 g/mol. The van der Waals surface area contributed by atoms with E-state index < -0.39 is 6.10 Å². The smallest absolute Gasteiger partial charge is 0.257 e. The highest BCUT2D eigenvalue weighted by atomic mass is 79.9. The minimum absolute atomic E-state index is 0.311. The van der Waals surface area contributed by atoms with Crippen LogP contribution in [0.5, 0.6) is 5.75 Å². The molecule has 3 aromatic rings. The number of aromatic nitrogens is 2. The first-order valence-corrected chi connectivity index (χ1v) is 7.91. The maximum absolute atomic E-state index is 12.9. The van der Waals surface area contributed by atoms with E-state index in [1.807, 2.05) is 0 Å². The topological polar surface area (TPSA) is 48.2 Å². The van der Waals surface area contributed by atoms with Crippen molar-refractivity contribution in [2.75, 3.05) is 0 Å². The SMILES string of the molecule is C[C@@H](Oc1ccc(Cl)cc1Br)c1nnc(-c2ccc(F)cc2)o1. The van der Waals surface area contributed by atoms with Crippen LogP contribution in [0.4, 0.5) is 4.39 Å². The zero-order chi connectivity index (χ0) is 16.4. The molecule has 0 N–H and O–H groups in total. The summed E-state index contributed by atoms with van der Waals surface area (Å²) in [5.41, 5.74) is 0.644. The van der Waals surface area contributed by atoms with Gasteiger partial charge in [-0.15, -0.1) is 10.2 Å². The monoisotopic (exact) mass is 396 g/mol. The van der Waals surface area contributed by atoms with E-state index in [1.165, 1.54) is 12.1 Å². The molecule has 23 heavy (non-hydrogen) atoms. The van der Waals surface area contributed by atoms with Crippen molar-refractivity contribution in [1.82, 2.24) is 10.2 Å². The number of hydrogen-bond acceptors (Lipinski definition) is 4. The van der Waals surface area contributed by atoms with Crippen LogP contribution in [0.3, 0.4) is 0 Å². The van der Waals surface area contributed by atoms with Crippen LogP contribution in [0.2, 0.25) is 5.02 Å². The molecule has 0 aliphatic heterocycles. The van der Waals surface area contributed by atoms with Gasteiger partial charge >= 0.3 is 0 Å². The fourth-order valence-corrected chi connectivity index (χ4v) is 2.70. The lowest BCUT2D eigenvalue weighted by molar-refractivity contribution is 0.188. The molecular formula is C16H11BrClFN2O2. The summed E-state index contributed by atoms with van der Waals surface area (Å²) < 4.78 is 25.1. The van der Waals surface area contributed by atoms with Gasteiger partial charge in [0.1, 0.15) is 11.6 Å². The normalized spacial score (nSPS) is 12.2. The van der Waals surface area contributed by atoms with Gasteiger partial charge in [0.05, 0.1) is 4.47 Å². The van der Waals surface area contributed by atoms with Crippen LogP contribution < -0.4 is 4.74 Å². The van der Waals surface area contributed by atoms with E-state index in [9.17, 15) is 4.39 Å². The van der Waals surface area contributed by atoms with E-state index in [-0.39, 0.29) is 5.82 Å². The van der Waals surface area contributed by atoms with Gasteiger partial charge in [-0.05, 0) is 65.3 Å². The van der Waals surface area contributed by atoms with E-state index in [4.69, 9.17) is 20.8 Å². The fourth-order valence-electron chi connectivity index (χ4n) is 1.92. The zero-order valence-corrected chi connectivity index (χ0v) is 14.3. The molecule has 0 saturated carbocycles. The third-order valence-electron chi connectivity index (χ3n) is 3.08. The first-order chi connectivity index (χ1) is 11.0. The molecule has 0 fully saturated rings. The number of nitrogens with zero attached hydrogens (tertiary/aromatic N) is 2. The lowest BCUT2D eigenvalue weighted by atomic mass is 10.2. The van der Waals surface area contributed by atoms with E-state index in [2.05, 4.69) is 26.1 Å². The summed E-state index contributed by atoms with van der Waals surface area (Å²) in [5.74, 6) is 0.929. The van der Waals surface area contributed by atoms with E-state index in [0.717, 1.165) is 4.47 Å². The number of ether oxygens (including phenoxy) is 1. The molecule has 1 aromatic heterocycles. The molecule has 0 spiro atoms. The van der Waals surface area contributed by atoms with E-state index in [1.54, 1.807) is 37.3 Å². The lowest BCUT2D eigenvalue weighted by Crippen LogP contribution is -2.03. The first kappa shape index (κ1) is 16.0. The molecule has 1 heterocycles. The second-order valence-corrected chi connectivity index (χ2v) is 6.08. The number of rotatable bonds is 4. The Morgan fingerprint density at radius 3 is 2.61 bits per heavy atom. The molecule has 4 nitrogen and oxygen atoms in total. The molecule has 0 radical (unpaired) electrons. The number of halogens is 3. The fraction of sp³-hybridized carbons (Fsp3) is 0.125. The summed E-state index contributed by atoms with van der Waals surface area (Å²) in [5, 5.41) is 8.55. The summed E-state index contributed by atoms with van der Waals surface area (Å²) in [6.45, 7) is 1.79. The summed E-state index contributed by atoms with van der Waals surface area (Å²) in [7, 11) is 0. The van der Waals surface area contributed by atoms with Gasteiger partial charge in [-0.2, -0.15) is 0 Å². The Kier molecular flexibility index (Phi) is 4.63. The Hall–Kier alpha value is -1.92. The zero-order valence-electron chi connectivity index (χ0n) is 12.0. The van der Waals surface area contributed by atoms with Crippen molar-refractivity contribution in [3.8, 4) is 17.2 Å². The molecule has 0 aliphatic rings. The van der Waals surface area contributed by atoms with Crippen LogP contribution in [-0.2, 0) is 0 Å². The first-order valence-electron chi connectivity index (χ1n) is 6.74. The van der Waals surface area contributed by atoms with Gasteiger partial charge in [-0.25, -0.2) is 4.39 Å². The Balaban J connectivity index is 1.78. The van der Waals surface area contributed by atoms with Gasteiger partial charge < -0.3 is 9.15 Å². The molecule has 118 valence electrons. The van der Waals surface area contributed by atoms with Crippen molar-refractivity contribution >= 4 is 27.5 Å². The van der Waals surface area contributed by atoms with Crippen molar-refractivity contribution in [3.05, 3.63) is 63.7 Å². The van der Waals surface area contributed by atoms with Crippen molar-refractivity contribution in [2.45, 2.75) is 13.0 Å². The Bertz CT molecular complexity index is 823. The highest BCUT2D eigenvalue weighted by Gasteiger charge is 2.17. The molecule has 0 bridgehead atoms. The molecule has 3 rings (SSSR count). The molecule has 0 amide bonds. The minimum Gasteiger partial charge on any atom is -0.480 e. The van der Waals surface area contributed by atoms with Gasteiger partial charge in [0, 0.05) is 10.6 Å². The van der Waals surface area contributed by atoms with Crippen LogP contribution >= 0.6 is 27.5 Å². The predicted molar refractivity (Wildman–Crippen MR) is 87.9 cm³/mol.